The number of aromatic nitrogens is 1. The molecule has 0 saturated carbocycles. The molecule has 3 nitrogen and oxygen atoms in total. The number of rotatable bonds is 1. The van der Waals surface area contributed by atoms with Crippen LogP contribution in [0.2, 0.25) is 0 Å². The molecule has 1 aliphatic rings. The minimum absolute atomic E-state index is 0.786. The molecule has 2 rings (SSSR count). The van der Waals surface area contributed by atoms with Gasteiger partial charge in [0.15, 0.2) is 0 Å². The lowest BCUT2D eigenvalue weighted by Crippen LogP contribution is -2.25. The van der Waals surface area contributed by atoms with E-state index in [4.69, 9.17) is 5.73 Å². The molecule has 0 radical (unpaired) electrons. The lowest BCUT2D eigenvalue weighted by atomic mass is 10.2. The van der Waals surface area contributed by atoms with E-state index in [1.807, 2.05) is 19.1 Å². The van der Waals surface area contributed by atoms with Crippen LogP contribution in [0.25, 0.3) is 0 Å². The second-order valence-electron chi connectivity index (χ2n) is 4.25. The Morgan fingerprint density at radius 1 is 1.13 bits per heavy atom. The third kappa shape index (κ3) is 2.41. The van der Waals surface area contributed by atoms with E-state index in [0.717, 1.165) is 30.3 Å². The molecule has 1 fully saturated rings. The van der Waals surface area contributed by atoms with E-state index in [2.05, 4.69) is 9.88 Å². The highest BCUT2D eigenvalue weighted by Gasteiger charge is 2.11. The fourth-order valence-electron chi connectivity index (χ4n) is 2.03. The van der Waals surface area contributed by atoms with Gasteiger partial charge in [-0.3, -0.25) is 0 Å². The summed E-state index contributed by atoms with van der Waals surface area (Å²) in [6, 6.07) is 4.00. The van der Waals surface area contributed by atoms with Crippen LogP contribution < -0.4 is 10.6 Å². The van der Waals surface area contributed by atoms with Crippen molar-refractivity contribution in [3.05, 3.63) is 17.8 Å². The van der Waals surface area contributed by atoms with E-state index in [1.54, 1.807) is 0 Å². The highest BCUT2D eigenvalue weighted by molar-refractivity contribution is 5.50. The van der Waals surface area contributed by atoms with E-state index < -0.39 is 0 Å². The maximum absolute atomic E-state index is 5.77. The standard InChI is InChI=1S/C12H19N3/c1-10-11(13)6-7-12(14-10)15-8-4-2-3-5-9-15/h6-7H,2-5,8-9,13H2,1H3. The molecule has 3 heteroatoms. The van der Waals surface area contributed by atoms with Gasteiger partial charge in [0.25, 0.3) is 0 Å². The lowest BCUT2D eigenvalue weighted by molar-refractivity contribution is 0.726. The average molecular weight is 205 g/mol. The van der Waals surface area contributed by atoms with E-state index in [9.17, 15) is 0 Å². The number of pyridine rings is 1. The average Bonchev–Trinajstić information content (AvgIpc) is 2.50. The molecule has 1 aromatic heterocycles. The van der Waals surface area contributed by atoms with Crippen LogP contribution in [0.15, 0.2) is 12.1 Å². The SMILES string of the molecule is Cc1nc(N2CCCCCC2)ccc1N. The molecule has 0 aromatic carbocycles. The van der Waals surface area contributed by atoms with Crippen molar-refractivity contribution in [2.45, 2.75) is 32.6 Å². The van der Waals surface area contributed by atoms with Crippen molar-refractivity contribution in [1.29, 1.82) is 0 Å². The molecule has 0 bridgehead atoms. The summed E-state index contributed by atoms with van der Waals surface area (Å²) in [5.74, 6) is 1.09. The van der Waals surface area contributed by atoms with E-state index in [0.29, 0.717) is 0 Å². The van der Waals surface area contributed by atoms with Gasteiger partial charge in [0.05, 0.1) is 11.4 Å². The number of hydrogen-bond acceptors (Lipinski definition) is 3. The van der Waals surface area contributed by atoms with Crippen LogP contribution in [0, 0.1) is 6.92 Å². The fourth-order valence-corrected chi connectivity index (χ4v) is 2.03. The predicted octanol–water partition coefficient (Wildman–Crippen LogP) is 2.35. The van der Waals surface area contributed by atoms with Gasteiger partial charge in [-0.05, 0) is 31.9 Å². The normalized spacial score (nSPS) is 17.5. The monoisotopic (exact) mass is 205 g/mol. The third-order valence-corrected chi connectivity index (χ3v) is 3.04. The first-order chi connectivity index (χ1) is 7.27. The Bertz CT molecular complexity index is 328. The first-order valence-electron chi connectivity index (χ1n) is 5.75. The maximum atomic E-state index is 5.77. The van der Waals surface area contributed by atoms with Gasteiger partial charge < -0.3 is 10.6 Å². The van der Waals surface area contributed by atoms with Crippen LogP contribution in [0.4, 0.5) is 11.5 Å². The summed E-state index contributed by atoms with van der Waals surface area (Å²) >= 11 is 0. The van der Waals surface area contributed by atoms with E-state index in [-0.39, 0.29) is 0 Å². The van der Waals surface area contributed by atoms with Crippen molar-refractivity contribution in [1.82, 2.24) is 4.98 Å². The van der Waals surface area contributed by atoms with E-state index in [1.165, 1.54) is 25.7 Å². The van der Waals surface area contributed by atoms with Crippen molar-refractivity contribution in [2.75, 3.05) is 23.7 Å². The highest BCUT2D eigenvalue weighted by atomic mass is 15.2. The summed E-state index contributed by atoms with van der Waals surface area (Å²) in [6.07, 6.45) is 5.27. The fraction of sp³-hybridized carbons (Fsp3) is 0.583. The van der Waals surface area contributed by atoms with Crippen LogP contribution in [-0.4, -0.2) is 18.1 Å². The van der Waals surface area contributed by atoms with Crippen molar-refractivity contribution in [3.63, 3.8) is 0 Å². The quantitative estimate of drug-likeness (QED) is 0.765. The van der Waals surface area contributed by atoms with Crippen molar-refractivity contribution < 1.29 is 0 Å². The van der Waals surface area contributed by atoms with Gasteiger partial charge in [0, 0.05) is 13.1 Å². The molecule has 82 valence electrons. The zero-order valence-electron chi connectivity index (χ0n) is 9.37. The van der Waals surface area contributed by atoms with Gasteiger partial charge in [-0.25, -0.2) is 4.98 Å². The van der Waals surface area contributed by atoms with Gasteiger partial charge in [0.2, 0.25) is 0 Å². The van der Waals surface area contributed by atoms with E-state index >= 15 is 0 Å². The van der Waals surface area contributed by atoms with Gasteiger partial charge in [-0.15, -0.1) is 0 Å². The summed E-state index contributed by atoms with van der Waals surface area (Å²) in [4.78, 5) is 6.91. The van der Waals surface area contributed by atoms with Crippen LogP contribution >= 0.6 is 0 Å². The van der Waals surface area contributed by atoms with Crippen LogP contribution in [0.1, 0.15) is 31.4 Å². The summed E-state index contributed by atoms with van der Waals surface area (Å²) in [6.45, 7) is 4.24. The second-order valence-corrected chi connectivity index (χ2v) is 4.25. The lowest BCUT2D eigenvalue weighted by Gasteiger charge is -2.21. The zero-order chi connectivity index (χ0) is 10.7. The Morgan fingerprint density at radius 2 is 1.80 bits per heavy atom. The van der Waals surface area contributed by atoms with Crippen LogP contribution in [0.5, 0.6) is 0 Å². The molecular weight excluding hydrogens is 186 g/mol. The molecule has 0 unspecified atom stereocenters. The summed E-state index contributed by atoms with van der Waals surface area (Å²) in [5.41, 5.74) is 7.50. The van der Waals surface area contributed by atoms with Crippen LogP contribution in [0.3, 0.4) is 0 Å². The summed E-state index contributed by atoms with van der Waals surface area (Å²) in [5, 5.41) is 0. The Balaban J connectivity index is 2.16. The predicted molar refractivity (Wildman–Crippen MR) is 64.1 cm³/mol. The molecule has 1 aromatic rings. The topological polar surface area (TPSA) is 42.2 Å². The van der Waals surface area contributed by atoms with Gasteiger partial charge in [-0.1, -0.05) is 12.8 Å². The molecule has 0 aliphatic carbocycles. The first kappa shape index (κ1) is 10.3. The minimum Gasteiger partial charge on any atom is -0.397 e. The first-order valence-corrected chi connectivity index (χ1v) is 5.75. The van der Waals surface area contributed by atoms with Crippen LogP contribution in [-0.2, 0) is 0 Å². The molecule has 15 heavy (non-hydrogen) atoms. The molecule has 0 atom stereocenters. The smallest absolute Gasteiger partial charge is 0.128 e. The molecule has 0 amide bonds. The van der Waals surface area contributed by atoms with Crippen molar-refractivity contribution in [3.8, 4) is 0 Å². The summed E-state index contributed by atoms with van der Waals surface area (Å²) in [7, 11) is 0. The second kappa shape index (κ2) is 4.51. The Kier molecular flexibility index (Phi) is 3.09. The van der Waals surface area contributed by atoms with Gasteiger partial charge in [0.1, 0.15) is 5.82 Å². The maximum Gasteiger partial charge on any atom is 0.128 e. The number of nitrogens with two attached hydrogens (primary N) is 1. The number of nitrogen functional groups attached to an aromatic ring is 1. The minimum atomic E-state index is 0.786. The Labute approximate surface area is 91.3 Å². The molecule has 2 N–H and O–H groups in total. The molecular formula is C12H19N3. The number of hydrogen-bond donors (Lipinski definition) is 1. The van der Waals surface area contributed by atoms with Crippen molar-refractivity contribution in [2.24, 2.45) is 0 Å². The number of nitrogens with zero attached hydrogens (tertiary/aromatic N) is 2. The molecule has 1 saturated heterocycles. The number of anilines is 2. The Morgan fingerprint density at radius 3 is 2.40 bits per heavy atom. The molecule has 1 aliphatic heterocycles. The molecule has 0 spiro atoms. The van der Waals surface area contributed by atoms with Gasteiger partial charge in [-0.2, -0.15) is 0 Å². The molecule has 2 heterocycles. The van der Waals surface area contributed by atoms with Crippen molar-refractivity contribution >= 4 is 11.5 Å². The largest absolute Gasteiger partial charge is 0.397 e. The Hall–Kier alpha value is -1.25. The third-order valence-electron chi connectivity index (χ3n) is 3.04. The zero-order valence-corrected chi connectivity index (χ0v) is 9.37. The van der Waals surface area contributed by atoms with Gasteiger partial charge >= 0.3 is 0 Å². The highest BCUT2D eigenvalue weighted by Crippen LogP contribution is 2.19. The summed E-state index contributed by atoms with van der Waals surface area (Å²) < 4.78 is 0. The number of aryl methyl sites for hydroxylation is 1.